The van der Waals surface area contributed by atoms with Gasteiger partial charge in [-0.15, -0.1) is 6.58 Å². The molecule has 0 aromatic heterocycles. The van der Waals surface area contributed by atoms with Crippen molar-refractivity contribution in [3.8, 4) is 0 Å². The van der Waals surface area contributed by atoms with Gasteiger partial charge in [-0.05, 0) is 25.7 Å². The van der Waals surface area contributed by atoms with E-state index in [4.69, 9.17) is 5.11 Å². The third kappa shape index (κ3) is 6.70. The van der Waals surface area contributed by atoms with Crippen molar-refractivity contribution in [3.63, 3.8) is 0 Å². The van der Waals surface area contributed by atoms with Crippen molar-refractivity contribution >= 4 is 5.97 Å². The first-order chi connectivity index (χ1) is 6.72. The van der Waals surface area contributed by atoms with Gasteiger partial charge in [0.25, 0.3) is 0 Å². The van der Waals surface area contributed by atoms with Crippen LogP contribution >= 0.6 is 0 Å². The van der Waals surface area contributed by atoms with E-state index in [1.54, 1.807) is 0 Å². The predicted molar refractivity (Wildman–Crippen MR) is 59.3 cm³/mol. The number of unbranched alkanes of at least 4 members (excludes halogenated alkanes) is 3. The van der Waals surface area contributed by atoms with E-state index >= 15 is 0 Å². The van der Waals surface area contributed by atoms with Crippen LogP contribution in [-0.2, 0) is 4.79 Å². The van der Waals surface area contributed by atoms with E-state index in [1.165, 1.54) is 0 Å². The van der Waals surface area contributed by atoms with Crippen LogP contribution in [0.5, 0.6) is 0 Å². The molecule has 0 aromatic rings. The van der Waals surface area contributed by atoms with E-state index in [0.29, 0.717) is 0 Å². The van der Waals surface area contributed by atoms with E-state index in [-0.39, 0.29) is 5.92 Å². The monoisotopic (exact) mass is 198 g/mol. The molecular formula is C12H22O2. The maximum Gasteiger partial charge on any atom is 0.306 e. The molecule has 0 saturated heterocycles. The number of hydrogen-bond acceptors (Lipinski definition) is 1. The number of hydrogen-bond donors (Lipinski definition) is 1. The van der Waals surface area contributed by atoms with E-state index in [1.807, 2.05) is 13.0 Å². The van der Waals surface area contributed by atoms with Crippen molar-refractivity contribution < 1.29 is 9.90 Å². The first kappa shape index (κ1) is 13.2. The van der Waals surface area contributed by atoms with Gasteiger partial charge in [0.15, 0.2) is 0 Å². The summed E-state index contributed by atoms with van der Waals surface area (Å²) in [5.74, 6) is -0.751. The van der Waals surface area contributed by atoms with Gasteiger partial charge in [0, 0.05) is 0 Å². The average molecular weight is 198 g/mol. The van der Waals surface area contributed by atoms with E-state index < -0.39 is 5.97 Å². The fraction of sp³-hybridized carbons (Fsp3) is 0.750. The minimum atomic E-state index is -0.629. The van der Waals surface area contributed by atoms with E-state index in [9.17, 15) is 4.79 Å². The number of aliphatic carboxylic acids is 1. The smallest absolute Gasteiger partial charge is 0.306 e. The zero-order valence-corrected chi connectivity index (χ0v) is 9.17. The minimum Gasteiger partial charge on any atom is -0.481 e. The standard InChI is InChI=1S/C12H22O2/c1-3-5-6-7-8-10-11(9-4-2)12(13)14/h3,11H,1,4-10H2,2H3,(H,13,14). The molecule has 1 N–H and O–H groups in total. The number of rotatable bonds is 9. The van der Waals surface area contributed by atoms with Crippen molar-refractivity contribution in [3.05, 3.63) is 12.7 Å². The van der Waals surface area contributed by atoms with Gasteiger partial charge >= 0.3 is 5.97 Å². The fourth-order valence-corrected chi connectivity index (χ4v) is 1.60. The molecule has 2 nitrogen and oxygen atoms in total. The maximum atomic E-state index is 10.8. The average Bonchev–Trinajstić information content (AvgIpc) is 2.15. The second-order valence-electron chi connectivity index (χ2n) is 3.75. The number of allylic oxidation sites excluding steroid dienone is 1. The Morgan fingerprint density at radius 2 is 2.07 bits per heavy atom. The Morgan fingerprint density at radius 1 is 1.36 bits per heavy atom. The molecule has 0 heterocycles. The number of carbonyl (C=O) groups is 1. The molecule has 0 saturated carbocycles. The molecule has 0 fully saturated rings. The molecule has 0 aliphatic carbocycles. The fourth-order valence-electron chi connectivity index (χ4n) is 1.60. The summed E-state index contributed by atoms with van der Waals surface area (Å²) in [6.45, 7) is 5.69. The predicted octanol–water partition coefficient (Wildman–Crippen LogP) is 3.62. The molecule has 0 amide bonds. The molecule has 0 bridgehead atoms. The Hall–Kier alpha value is -0.790. The number of carboxylic acids is 1. The second kappa shape index (κ2) is 8.79. The van der Waals surface area contributed by atoms with Crippen molar-refractivity contribution in [2.24, 2.45) is 5.92 Å². The van der Waals surface area contributed by atoms with Gasteiger partial charge in [0.05, 0.1) is 5.92 Å². The second-order valence-corrected chi connectivity index (χ2v) is 3.75. The first-order valence-electron chi connectivity index (χ1n) is 5.56. The van der Waals surface area contributed by atoms with E-state index in [0.717, 1.165) is 44.9 Å². The summed E-state index contributed by atoms with van der Waals surface area (Å²) in [6.07, 6.45) is 8.87. The lowest BCUT2D eigenvalue weighted by atomic mass is 9.96. The van der Waals surface area contributed by atoms with Crippen LogP contribution in [0.25, 0.3) is 0 Å². The summed E-state index contributed by atoms with van der Waals surface area (Å²) in [4.78, 5) is 10.8. The highest BCUT2D eigenvalue weighted by atomic mass is 16.4. The topological polar surface area (TPSA) is 37.3 Å². The minimum absolute atomic E-state index is 0.122. The Morgan fingerprint density at radius 3 is 2.57 bits per heavy atom. The van der Waals surface area contributed by atoms with Crippen LogP contribution in [0, 0.1) is 5.92 Å². The third-order valence-corrected chi connectivity index (χ3v) is 2.45. The van der Waals surface area contributed by atoms with Crippen LogP contribution in [0.4, 0.5) is 0 Å². The first-order valence-corrected chi connectivity index (χ1v) is 5.56. The van der Waals surface area contributed by atoms with Gasteiger partial charge in [-0.25, -0.2) is 0 Å². The zero-order valence-electron chi connectivity index (χ0n) is 9.17. The lowest BCUT2D eigenvalue weighted by Gasteiger charge is -2.10. The molecule has 0 spiro atoms. The molecule has 0 aromatic carbocycles. The van der Waals surface area contributed by atoms with Gasteiger partial charge in [-0.2, -0.15) is 0 Å². The highest BCUT2D eigenvalue weighted by molar-refractivity contribution is 5.69. The van der Waals surface area contributed by atoms with Crippen LogP contribution < -0.4 is 0 Å². The molecule has 0 rings (SSSR count). The summed E-state index contributed by atoms with van der Waals surface area (Å²) in [6, 6.07) is 0. The highest BCUT2D eigenvalue weighted by Crippen LogP contribution is 2.16. The molecule has 0 aliphatic rings. The van der Waals surface area contributed by atoms with E-state index in [2.05, 4.69) is 6.58 Å². The Balaban J connectivity index is 3.50. The lowest BCUT2D eigenvalue weighted by Crippen LogP contribution is -2.13. The van der Waals surface area contributed by atoms with Gasteiger partial charge in [0.1, 0.15) is 0 Å². The largest absolute Gasteiger partial charge is 0.481 e. The van der Waals surface area contributed by atoms with Crippen molar-refractivity contribution in [2.75, 3.05) is 0 Å². The van der Waals surface area contributed by atoms with Gasteiger partial charge in [0.2, 0.25) is 0 Å². The summed E-state index contributed by atoms with van der Waals surface area (Å²) < 4.78 is 0. The molecule has 1 atom stereocenters. The molecule has 2 heteroatoms. The lowest BCUT2D eigenvalue weighted by molar-refractivity contribution is -0.142. The third-order valence-electron chi connectivity index (χ3n) is 2.45. The van der Waals surface area contributed by atoms with Crippen LogP contribution in [0.15, 0.2) is 12.7 Å². The Labute approximate surface area is 87.0 Å². The van der Waals surface area contributed by atoms with Crippen LogP contribution in [0.2, 0.25) is 0 Å². The molecule has 0 aliphatic heterocycles. The zero-order chi connectivity index (χ0) is 10.8. The SMILES string of the molecule is C=CCCCCCC(CCC)C(=O)O. The van der Waals surface area contributed by atoms with Crippen LogP contribution in [0.3, 0.4) is 0 Å². The quantitative estimate of drug-likeness (QED) is 0.454. The molecule has 1 unspecified atom stereocenters. The van der Waals surface area contributed by atoms with Crippen LogP contribution in [0.1, 0.15) is 51.9 Å². The van der Waals surface area contributed by atoms with Gasteiger partial charge in [-0.3, -0.25) is 4.79 Å². The summed E-state index contributed by atoms with van der Waals surface area (Å²) in [7, 11) is 0. The molecule has 82 valence electrons. The maximum absolute atomic E-state index is 10.8. The summed E-state index contributed by atoms with van der Waals surface area (Å²) >= 11 is 0. The van der Waals surface area contributed by atoms with Crippen molar-refractivity contribution in [2.45, 2.75) is 51.9 Å². The normalized spacial score (nSPS) is 12.4. The molecular weight excluding hydrogens is 176 g/mol. The van der Waals surface area contributed by atoms with Gasteiger partial charge in [-0.1, -0.05) is 32.3 Å². The van der Waals surface area contributed by atoms with Crippen LogP contribution in [-0.4, -0.2) is 11.1 Å². The summed E-state index contributed by atoms with van der Waals surface area (Å²) in [5, 5.41) is 8.89. The number of carboxylic acid groups (broad SMARTS) is 1. The Bertz CT molecular complexity index is 164. The summed E-state index contributed by atoms with van der Waals surface area (Å²) in [5.41, 5.74) is 0. The molecule has 0 radical (unpaired) electrons. The highest BCUT2D eigenvalue weighted by Gasteiger charge is 2.14. The Kier molecular flexibility index (Phi) is 8.30. The van der Waals surface area contributed by atoms with Crippen molar-refractivity contribution in [1.29, 1.82) is 0 Å². The van der Waals surface area contributed by atoms with Crippen molar-refractivity contribution in [1.82, 2.24) is 0 Å². The molecule has 14 heavy (non-hydrogen) atoms. The van der Waals surface area contributed by atoms with Gasteiger partial charge < -0.3 is 5.11 Å².